The van der Waals surface area contributed by atoms with Crippen LogP contribution in [0.3, 0.4) is 0 Å². The highest BCUT2D eigenvalue weighted by atomic mass is 16.5. The molecule has 168 valence electrons. The summed E-state index contributed by atoms with van der Waals surface area (Å²) in [6, 6.07) is 15.7. The van der Waals surface area contributed by atoms with E-state index in [1.807, 2.05) is 24.3 Å². The highest BCUT2D eigenvalue weighted by molar-refractivity contribution is 6.11. The van der Waals surface area contributed by atoms with Crippen molar-refractivity contribution in [1.82, 2.24) is 15.2 Å². The van der Waals surface area contributed by atoms with Crippen LogP contribution in [0.25, 0.3) is 10.9 Å². The van der Waals surface area contributed by atoms with Gasteiger partial charge in [0.25, 0.3) is 0 Å². The van der Waals surface area contributed by atoms with E-state index in [9.17, 15) is 9.59 Å². The molecule has 1 atom stereocenters. The predicted octanol–water partition coefficient (Wildman–Crippen LogP) is 3.42. The number of hydrogen-bond acceptors (Lipinski definition) is 5. The monoisotopic (exact) mass is 433 g/mol. The first-order chi connectivity index (χ1) is 15.6. The fourth-order valence-electron chi connectivity index (χ4n) is 4.59. The standard InChI is InChI=1S/C26H31N3O3/c1-3-27-14-15-28-16-20-12-13-23-24(25(20)30)21-6-4-5-7-22(21)29(23)17-18-8-10-19(11-9-18)26(31)32-2/h4-11,20,27-28H,3,12-17H2,1-2H3. The van der Waals surface area contributed by atoms with Crippen molar-refractivity contribution in [2.45, 2.75) is 26.3 Å². The van der Waals surface area contributed by atoms with E-state index in [1.54, 1.807) is 12.1 Å². The highest BCUT2D eigenvalue weighted by Crippen LogP contribution is 2.34. The number of Topliss-reactive ketones (excluding diaryl/α,β-unsaturated/α-hetero) is 1. The molecule has 32 heavy (non-hydrogen) atoms. The quantitative estimate of drug-likeness (QED) is 0.400. The van der Waals surface area contributed by atoms with Crippen molar-refractivity contribution in [2.75, 3.05) is 33.3 Å². The van der Waals surface area contributed by atoms with Gasteiger partial charge in [-0.05, 0) is 43.1 Å². The molecule has 0 spiro atoms. The van der Waals surface area contributed by atoms with Crippen LogP contribution in [0.5, 0.6) is 0 Å². The molecule has 0 saturated carbocycles. The van der Waals surface area contributed by atoms with Crippen molar-refractivity contribution < 1.29 is 14.3 Å². The Morgan fingerprint density at radius 3 is 2.59 bits per heavy atom. The Balaban J connectivity index is 1.58. The molecule has 0 saturated heterocycles. The number of hydrogen-bond donors (Lipinski definition) is 2. The van der Waals surface area contributed by atoms with E-state index >= 15 is 0 Å². The Morgan fingerprint density at radius 1 is 1.09 bits per heavy atom. The maximum absolute atomic E-state index is 13.4. The third-order valence-electron chi connectivity index (χ3n) is 6.26. The SMILES string of the molecule is CCNCCNCC1CCc2c(c3ccccc3n2Cc2ccc(C(=O)OC)cc2)C1=O. The predicted molar refractivity (Wildman–Crippen MR) is 126 cm³/mol. The number of fused-ring (bicyclic) bond motifs is 3. The van der Waals surface area contributed by atoms with Crippen molar-refractivity contribution in [3.8, 4) is 0 Å². The molecule has 1 unspecified atom stereocenters. The fourth-order valence-corrected chi connectivity index (χ4v) is 4.59. The number of nitrogens with zero attached hydrogens (tertiary/aromatic N) is 1. The lowest BCUT2D eigenvalue weighted by Gasteiger charge is -2.23. The van der Waals surface area contributed by atoms with Gasteiger partial charge in [0.1, 0.15) is 0 Å². The minimum Gasteiger partial charge on any atom is -0.465 e. The number of nitrogens with one attached hydrogen (secondary N) is 2. The van der Waals surface area contributed by atoms with Crippen LogP contribution >= 0.6 is 0 Å². The van der Waals surface area contributed by atoms with E-state index in [1.165, 1.54) is 7.11 Å². The van der Waals surface area contributed by atoms with Gasteiger partial charge in [-0.15, -0.1) is 0 Å². The molecule has 0 aliphatic heterocycles. The van der Waals surface area contributed by atoms with Gasteiger partial charge in [0.05, 0.1) is 12.7 Å². The summed E-state index contributed by atoms with van der Waals surface area (Å²) in [5, 5.41) is 7.78. The van der Waals surface area contributed by atoms with Crippen molar-refractivity contribution in [2.24, 2.45) is 5.92 Å². The number of para-hydroxylation sites is 1. The van der Waals surface area contributed by atoms with Gasteiger partial charge in [0, 0.05) is 54.3 Å². The lowest BCUT2D eigenvalue weighted by molar-refractivity contribution is 0.0600. The second-order valence-corrected chi connectivity index (χ2v) is 8.27. The highest BCUT2D eigenvalue weighted by Gasteiger charge is 2.32. The van der Waals surface area contributed by atoms with Crippen LogP contribution in [-0.2, 0) is 17.7 Å². The summed E-state index contributed by atoms with van der Waals surface area (Å²) in [6.45, 7) is 6.21. The van der Waals surface area contributed by atoms with Crippen molar-refractivity contribution in [1.29, 1.82) is 0 Å². The average Bonchev–Trinajstić information content (AvgIpc) is 3.14. The van der Waals surface area contributed by atoms with Crippen LogP contribution in [0.2, 0.25) is 0 Å². The first-order valence-corrected chi connectivity index (χ1v) is 11.4. The van der Waals surface area contributed by atoms with E-state index in [0.717, 1.165) is 66.7 Å². The summed E-state index contributed by atoms with van der Waals surface area (Å²) < 4.78 is 7.06. The number of ether oxygens (including phenoxy) is 1. The Hall–Kier alpha value is -2.96. The zero-order valence-corrected chi connectivity index (χ0v) is 18.8. The normalized spacial score (nSPS) is 15.7. The van der Waals surface area contributed by atoms with Crippen LogP contribution in [0.15, 0.2) is 48.5 Å². The lowest BCUT2D eigenvalue weighted by Crippen LogP contribution is -2.35. The minimum atomic E-state index is -0.337. The maximum Gasteiger partial charge on any atom is 0.337 e. The Labute approximate surface area is 188 Å². The van der Waals surface area contributed by atoms with Gasteiger partial charge in [-0.2, -0.15) is 0 Å². The summed E-state index contributed by atoms with van der Waals surface area (Å²) >= 11 is 0. The molecule has 1 aromatic heterocycles. The maximum atomic E-state index is 13.4. The summed E-state index contributed by atoms with van der Waals surface area (Å²) in [4.78, 5) is 25.2. The third kappa shape index (κ3) is 4.47. The summed E-state index contributed by atoms with van der Waals surface area (Å²) in [7, 11) is 1.39. The number of benzene rings is 2. The number of esters is 1. The fraction of sp³-hybridized carbons (Fsp3) is 0.385. The number of rotatable bonds is 9. The van der Waals surface area contributed by atoms with Gasteiger partial charge in [-0.3, -0.25) is 4.79 Å². The molecule has 1 heterocycles. The summed E-state index contributed by atoms with van der Waals surface area (Å²) in [6.07, 6.45) is 1.74. The van der Waals surface area contributed by atoms with Crippen LogP contribution in [0.1, 0.15) is 45.3 Å². The molecule has 2 aromatic carbocycles. The molecule has 1 aliphatic rings. The smallest absolute Gasteiger partial charge is 0.337 e. The number of carbonyl (C=O) groups is 2. The first kappa shape index (κ1) is 22.2. The average molecular weight is 434 g/mol. The van der Waals surface area contributed by atoms with Gasteiger partial charge in [0.2, 0.25) is 0 Å². The Morgan fingerprint density at radius 2 is 1.84 bits per heavy atom. The number of aromatic nitrogens is 1. The molecule has 3 aromatic rings. The van der Waals surface area contributed by atoms with Gasteiger partial charge in [0.15, 0.2) is 5.78 Å². The lowest BCUT2D eigenvalue weighted by atomic mass is 9.85. The van der Waals surface area contributed by atoms with Crippen LogP contribution in [0, 0.1) is 5.92 Å². The Bertz CT molecular complexity index is 1100. The van der Waals surface area contributed by atoms with Crippen molar-refractivity contribution in [3.63, 3.8) is 0 Å². The van der Waals surface area contributed by atoms with Crippen molar-refractivity contribution >= 4 is 22.7 Å². The van der Waals surface area contributed by atoms with Gasteiger partial charge in [-0.1, -0.05) is 37.3 Å². The molecule has 0 bridgehead atoms. The second-order valence-electron chi connectivity index (χ2n) is 8.27. The zero-order valence-electron chi connectivity index (χ0n) is 18.8. The molecule has 0 amide bonds. The summed E-state index contributed by atoms with van der Waals surface area (Å²) in [5.74, 6) is -0.0722. The molecular weight excluding hydrogens is 402 g/mol. The van der Waals surface area contributed by atoms with Gasteiger partial charge in [-0.25, -0.2) is 4.79 Å². The third-order valence-corrected chi connectivity index (χ3v) is 6.26. The van der Waals surface area contributed by atoms with Crippen LogP contribution < -0.4 is 10.6 Å². The zero-order chi connectivity index (χ0) is 22.5. The number of likely N-dealkylation sites (N-methyl/N-ethyl adjacent to an activating group) is 1. The molecule has 2 N–H and O–H groups in total. The second kappa shape index (κ2) is 10.1. The van der Waals surface area contributed by atoms with Crippen LogP contribution in [0.4, 0.5) is 0 Å². The van der Waals surface area contributed by atoms with E-state index in [2.05, 4.69) is 34.3 Å². The van der Waals surface area contributed by atoms with Crippen molar-refractivity contribution in [3.05, 3.63) is 70.9 Å². The van der Waals surface area contributed by atoms with Gasteiger partial charge < -0.3 is 19.9 Å². The number of methoxy groups -OCH3 is 1. The molecular formula is C26H31N3O3. The first-order valence-electron chi connectivity index (χ1n) is 11.4. The minimum absolute atomic E-state index is 0.0164. The Kier molecular flexibility index (Phi) is 7.02. The van der Waals surface area contributed by atoms with E-state index in [0.29, 0.717) is 12.1 Å². The van der Waals surface area contributed by atoms with Crippen LogP contribution in [-0.4, -0.2) is 49.6 Å². The molecule has 6 nitrogen and oxygen atoms in total. The summed E-state index contributed by atoms with van der Waals surface area (Å²) in [5.41, 5.74) is 4.72. The topological polar surface area (TPSA) is 72.4 Å². The molecule has 6 heteroatoms. The molecule has 0 fully saturated rings. The largest absolute Gasteiger partial charge is 0.465 e. The molecule has 1 aliphatic carbocycles. The molecule has 4 rings (SSSR count). The molecule has 0 radical (unpaired) electrons. The van der Waals surface area contributed by atoms with E-state index in [4.69, 9.17) is 4.74 Å². The number of carbonyl (C=O) groups excluding carboxylic acids is 2. The van der Waals surface area contributed by atoms with Gasteiger partial charge >= 0.3 is 5.97 Å². The van der Waals surface area contributed by atoms with E-state index in [-0.39, 0.29) is 17.7 Å². The number of ketones is 1. The van der Waals surface area contributed by atoms with E-state index < -0.39 is 0 Å².